The number of ether oxygens (including phenoxy) is 1. The quantitative estimate of drug-likeness (QED) is 0.0873. The number of aliphatic imine (C=N–C) groups is 3. The number of aliphatic hydroxyl groups excluding tert-OH is 2. The number of hydrogen-bond donors (Lipinski definition) is 10. The van der Waals surface area contributed by atoms with Gasteiger partial charge in [0, 0.05) is 102 Å². The molecule has 2 saturated heterocycles. The minimum absolute atomic E-state index is 0. The first-order chi connectivity index (χ1) is 37.6. The Kier molecular flexibility index (Phi) is 18.6. The van der Waals surface area contributed by atoms with Gasteiger partial charge >= 0.3 is 46.6 Å². The van der Waals surface area contributed by atoms with E-state index in [-0.39, 0.29) is 86.8 Å². The first kappa shape index (κ1) is 64.2. The van der Waals surface area contributed by atoms with E-state index in [1.54, 1.807) is 47.6 Å². The Morgan fingerprint density at radius 3 is 1.83 bits per heavy atom. The molecule has 13 unspecified atom stereocenters. The van der Waals surface area contributed by atoms with E-state index in [0.717, 1.165) is 0 Å². The Morgan fingerprint density at radius 1 is 0.720 bits per heavy atom. The summed E-state index contributed by atoms with van der Waals surface area (Å²) < 4.78 is 6.90. The third kappa shape index (κ3) is 11.6. The topological polar surface area (TPSA) is 443 Å². The number of nitrogens with zero attached hydrogens (tertiary/aromatic N) is 8. The molecular weight excluding hydrogens is 1110 g/mol. The van der Waals surface area contributed by atoms with Gasteiger partial charge in [-0.3, -0.25) is 53.1 Å². The van der Waals surface area contributed by atoms with Crippen LogP contribution in [0, 0.1) is 52.3 Å². The third-order valence-corrected chi connectivity index (χ3v) is 18.2. The van der Waals surface area contributed by atoms with Crippen LogP contribution in [0.2, 0.25) is 0 Å². The van der Waals surface area contributed by atoms with Gasteiger partial charge in [0.1, 0.15) is 17.9 Å². The molecule has 2 aromatic rings. The van der Waals surface area contributed by atoms with Crippen LogP contribution in [0.15, 0.2) is 61.9 Å². The Labute approximate surface area is 483 Å². The van der Waals surface area contributed by atoms with Crippen molar-refractivity contribution in [2.24, 2.45) is 71.8 Å². The molecular formula is C55H73CoN11O15+. The molecule has 2 fully saturated rings. The van der Waals surface area contributed by atoms with Crippen LogP contribution in [0.1, 0.15) is 132 Å². The van der Waals surface area contributed by atoms with Crippen LogP contribution in [-0.2, 0) is 55.1 Å². The Bertz CT molecular complexity index is 3150. The van der Waals surface area contributed by atoms with Crippen molar-refractivity contribution >= 4 is 75.8 Å². The van der Waals surface area contributed by atoms with Gasteiger partial charge < -0.3 is 69.9 Å². The Morgan fingerprint density at radius 2 is 1.29 bits per heavy atom. The molecule has 0 aliphatic carbocycles. The van der Waals surface area contributed by atoms with Gasteiger partial charge in [0.15, 0.2) is 17.7 Å². The molecule has 13 N–H and O–H groups in total. The SMILES string of the molecule is CC1=C2N=C(C=C3N=C(C(C)=C4[N-]C(C(CC(=O)O)C4(C)CCC(=O)O)C4(C)N=C1C(CCC(=O)O)C4(C)CC(N)=O)C(CCC(=O)O)C3(C)C)C(CCC(=O)O)C2(C)CC(N)=O.[CH2-]C1OC(n2cnc3c(N)ncnc32)C(O)C1O.[Co+3]. The van der Waals surface area contributed by atoms with Crippen molar-refractivity contribution in [2.45, 2.75) is 162 Å². The minimum atomic E-state index is -1.54. The van der Waals surface area contributed by atoms with Crippen molar-refractivity contribution in [2.75, 3.05) is 5.73 Å². The van der Waals surface area contributed by atoms with Gasteiger partial charge in [-0.15, -0.1) is 0 Å². The normalized spacial score (nSPS) is 32.5. The summed E-state index contributed by atoms with van der Waals surface area (Å²) in [7, 11) is 0. The van der Waals surface area contributed by atoms with Gasteiger partial charge in [-0.25, -0.2) is 15.0 Å². The van der Waals surface area contributed by atoms with E-state index in [1.807, 2.05) is 13.8 Å². The molecule has 8 heterocycles. The van der Waals surface area contributed by atoms with Gasteiger partial charge in [0.05, 0.1) is 23.7 Å². The van der Waals surface area contributed by atoms with Gasteiger partial charge in [-0.2, -0.15) is 5.70 Å². The molecule has 6 aliphatic rings. The molecule has 8 bridgehead atoms. The number of aliphatic hydroxyl groups is 2. The fourth-order valence-electron chi connectivity index (χ4n) is 13.8. The number of imidazole rings is 1. The largest absolute Gasteiger partial charge is 3.00 e. The molecule has 27 heteroatoms. The zero-order valence-corrected chi connectivity index (χ0v) is 48.0. The van der Waals surface area contributed by atoms with Crippen LogP contribution in [0.5, 0.6) is 0 Å². The summed E-state index contributed by atoms with van der Waals surface area (Å²) in [6, 6.07) is -1.08. The number of fused-ring (bicyclic) bond motifs is 7. The fourth-order valence-corrected chi connectivity index (χ4v) is 13.8. The van der Waals surface area contributed by atoms with Crippen LogP contribution in [0.3, 0.4) is 0 Å². The number of aromatic nitrogens is 4. The molecule has 446 valence electrons. The minimum Gasteiger partial charge on any atom is -0.682 e. The van der Waals surface area contributed by atoms with E-state index >= 15 is 0 Å². The van der Waals surface area contributed by atoms with E-state index in [2.05, 4.69) is 21.9 Å². The summed E-state index contributed by atoms with van der Waals surface area (Å²) in [6.45, 7) is 17.9. The molecule has 82 heavy (non-hydrogen) atoms. The van der Waals surface area contributed by atoms with Gasteiger partial charge in [0.25, 0.3) is 0 Å². The second-order valence-corrected chi connectivity index (χ2v) is 23.7. The molecule has 0 spiro atoms. The summed E-state index contributed by atoms with van der Waals surface area (Å²) in [5, 5.41) is 75.5. The fraction of sp³-hybridized carbons (Fsp3) is 0.600. The number of carboxylic acid groups (broad SMARTS) is 5. The maximum Gasteiger partial charge on any atom is 3.00 e. The zero-order chi connectivity index (χ0) is 60.2. The molecule has 0 saturated carbocycles. The number of carbonyl (C=O) groups is 7. The van der Waals surface area contributed by atoms with E-state index < -0.39 is 130 Å². The molecule has 6 aliphatic heterocycles. The number of amides is 2. The maximum atomic E-state index is 13.3. The monoisotopic (exact) mass is 1190 g/mol. The first-order valence-electron chi connectivity index (χ1n) is 26.7. The predicted octanol–water partition coefficient (Wildman–Crippen LogP) is 4.36. The summed E-state index contributed by atoms with van der Waals surface area (Å²) in [5.74, 6) is -9.93. The predicted molar refractivity (Wildman–Crippen MR) is 292 cm³/mol. The second-order valence-electron chi connectivity index (χ2n) is 23.7. The zero-order valence-electron chi connectivity index (χ0n) is 47.0. The Balaban J connectivity index is 0.000000477. The average molecular weight is 1190 g/mol. The molecule has 8 rings (SSSR count). The molecule has 2 amide bonds. The number of carbonyl (C=O) groups excluding carboxylic acids is 2. The van der Waals surface area contributed by atoms with Crippen LogP contribution in [-0.4, -0.2) is 144 Å². The Hall–Kier alpha value is -6.94. The van der Waals surface area contributed by atoms with Crippen molar-refractivity contribution < 1.29 is 90.8 Å². The maximum absolute atomic E-state index is 13.3. The number of aliphatic carboxylic acids is 5. The number of carboxylic acids is 5. The van der Waals surface area contributed by atoms with Crippen LogP contribution >= 0.6 is 0 Å². The van der Waals surface area contributed by atoms with Crippen molar-refractivity contribution in [3.05, 3.63) is 59.2 Å². The summed E-state index contributed by atoms with van der Waals surface area (Å²) in [6.07, 6.45) is -1.58. The number of nitrogens with two attached hydrogens (primary N) is 3. The number of primary amides is 2. The summed E-state index contributed by atoms with van der Waals surface area (Å²) in [4.78, 5) is 116. The van der Waals surface area contributed by atoms with Crippen LogP contribution in [0.4, 0.5) is 5.82 Å². The van der Waals surface area contributed by atoms with Crippen molar-refractivity contribution in [3.63, 3.8) is 0 Å². The number of allylic oxidation sites excluding steroid dienone is 6. The molecule has 0 aromatic carbocycles. The van der Waals surface area contributed by atoms with Gasteiger partial charge in [0.2, 0.25) is 11.8 Å². The third-order valence-electron chi connectivity index (χ3n) is 18.2. The van der Waals surface area contributed by atoms with Crippen molar-refractivity contribution in [1.82, 2.24) is 19.5 Å². The van der Waals surface area contributed by atoms with E-state index in [1.165, 1.54) is 17.2 Å². The van der Waals surface area contributed by atoms with Crippen LogP contribution < -0.4 is 17.2 Å². The van der Waals surface area contributed by atoms with Crippen molar-refractivity contribution in [1.29, 1.82) is 0 Å². The van der Waals surface area contributed by atoms with E-state index in [0.29, 0.717) is 56.5 Å². The number of nitrogen functional groups attached to an aromatic ring is 1. The standard InChI is InChI=1S/C45H62N6O12.C10H12N5O3.Co/c1-21-36-24(10-13-32(56)57)41(3,4)28(49-36)18-27-23(9-12-31(54)55)43(6,19-29(46)52)39(48-27)22(2)37-25(11-14-33(58)59)44(7,20-30(47)53)45(8,51-37)40-26(17-35(62)63)42(5,38(21)50-40)16-15-34(60)61;1-4-6(16)7(17)10(18-4)15-3-14-5-8(11)12-2-13-9(5)15;/h18,23-26,40H,9-17,19-20H2,1-8H3,(H10,46,47,48,49,50,51,52,53,54,55,56,57,58,59,60,61,62,63);2-4,6-7,10,16-17H,1H2,(H2,11,12,13);/q;-1;+3/p-1. The first-order valence-corrected chi connectivity index (χ1v) is 26.7. The molecule has 13 atom stereocenters. The van der Waals surface area contributed by atoms with Crippen molar-refractivity contribution in [3.8, 4) is 0 Å². The summed E-state index contributed by atoms with van der Waals surface area (Å²) in [5.41, 5.74) is 15.4. The van der Waals surface area contributed by atoms with E-state index in [9.17, 15) is 69.3 Å². The smallest absolute Gasteiger partial charge is 0.682 e. The van der Waals surface area contributed by atoms with Gasteiger partial charge in [-0.1, -0.05) is 40.7 Å². The number of rotatable bonds is 19. The average Bonchev–Trinajstić information content (AvgIpc) is 2.56. The number of hydrogen-bond acceptors (Lipinski definition) is 17. The van der Waals surface area contributed by atoms with Gasteiger partial charge in [-0.05, 0) is 81.1 Å². The number of anilines is 1. The van der Waals surface area contributed by atoms with Crippen LogP contribution in [0.25, 0.3) is 16.5 Å². The summed E-state index contributed by atoms with van der Waals surface area (Å²) >= 11 is 0. The molecule has 2 aromatic heterocycles. The van der Waals surface area contributed by atoms with E-state index in [4.69, 9.17) is 42.2 Å². The second kappa shape index (κ2) is 23.7. The molecule has 0 radical (unpaired) electrons. The molecule has 26 nitrogen and oxygen atoms in total.